The molecule has 0 amide bonds. The van der Waals surface area contributed by atoms with Crippen LogP contribution in [0.2, 0.25) is 0 Å². The molecule has 2 rings (SSSR count). The van der Waals surface area contributed by atoms with Gasteiger partial charge in [0, 0.05) is 0 Å². The van der Waals surface area contributed by atoms with Crippen LogP contribution in [0, 0.1) is 11.8 Å². The molecular weight excluding hydrogens is 380 g/mol. The summed E-state index contributed by atoms with van der Waals surface area (Å²) in [5, 5.41) is 0. The number of ether oxygens (including phenoxy) is 2. The number of rotatable bonds is 16. The summed E-state index contributed by atoms with van der Waals surface area (Å²) in [6.07, 6.45) is 11.4. The minimum atomic E-state index is 0.732. The molecule has 2 heteroatoms. The van der Waals surface area contributed by atoms with E-state index in [9.17, 15) is 0 Å². The average Bonchev–Trinajstić information content (AvgIpc) is 2.77. The highest BCUT2D eigenvalue weighted by Crippen LogP contribution is 2.25. The summed E-state index contributed by atoms with van der Waals surface area (Å²) in [5.74, 6) is 3.46. The van der Waals surface area contributed by atoms with E-state index in [1.54, 1.807) is 0 Å². The Kier molecular flexibility index (Phi) is 12.2. The zero-order valence-electron chi connectivity index (χ0n) is 20.4. The molecule has 0 N–H and O–H groups in total. The van der Waals surface area contributed by atoms with Crippen molar-refractivity contribution in [2.45, 2.75) is 85.5 Å². The minimum absolute atomic E-state index is 0.732. The van der Waals surface area contributed by atoms with E-state index in [4.69, 9.17) is 9.47 Å². The number of hydrogen-bond donors (Lipinski definition) is 0. The molecule has 0 fully saturated rings. The highest BCUT2D eigenvalue weighted by molar-refractivity contribution is 5.64. The molecule has 172 valence electrons. The van der Waals surface area contributed by atoms with E-state index in [0.717, 1.165) is 49.4 Å². The summed E-state index contributed by atoms with van der Waals surface area (Å²) in [7, 11) is 0. The van der Waals surface area contributed by atoms with E-state index in [-0.39, 0.29) is 0 Å². The molecule has 2 aromatic carbocycles. The Balaban J connectivity index is 1.70. The molecule has 0 saturated heterocycles. The van der Waals surface area contributed by atoms with Crippen molar-refractivity contribution in [1.82, 2.24) is 0 Å². The summed E-state index contributed by atoms with van der Waals surface area (Å²) in [5.41, 5.74) is 2.42. The third-order valence-electron chi connectivity index (χ3n) is 5.92. The number of hydrogen-bond acceptors (Lipinski definition) is 2. The molecule has 0 aromatic heterocycles. The second kappa shape index (κ2) is 14.9. The Morgan fingerprint density at radius 3 is 1.68 bits per heavy atom. The standard InChI is InChI=1S/C29H44O2/c1-5-6-7-8-9-22-30-28-17-13-26(14-18-28)27-15-19-29(20-16-27)31-23-21-25(4)12-10-11-24(2)3/h13-20,24-25H,5-12,21-23H2,1-4H3. The van der Waals surface area contributed by atoms with Crippen molar-refractivity contribution in [1.29, 1.82) is 0 Å². The second-order valence-corrected chi connectivity index (χ2v) is 9.38. The summed E-state index contributed by atoms with van der Waals surface area (Å²) in [6, 6.07) is 16.9. The van der Waals surface area contributed by atoms with Gasteiger partial charge in [-0.1, -0.05) is 96.9 Å². The maximum atomic E-state index is 5.97. The van der Waals surface area contributed by atoms with Crippen LogP contribution in [-0.2, 0) is 0 Å². The first kappa shape index (κ1) is 25.3. The zero-order valence-corrected chi connectivity index (χ0v) is 20.4. The zero-order chi connectivity index (χ0) is 22.3. The normalized spacial score (nSPS) is 12.2. The van der Waals surface area contributed by atoms with E-state index >= 15 is 0 Å². The van der Waals surface area contributed by atoms with Gasteiger partial charge in [-0.25, -0.2) is 0 Å². The highest BCUT2D eigenvalue weighted by Gasteiger charge is 2.05. The molecule has 0 aliphatic rings. The first-order valence-electron chi connectivity index (χ1n) is 12.5. The lowest BCUT2D eigenvalue weighted by molar-refractivity contribution is 0.276. The molecule has 1 atom stereocenters. The van der Waals surface area contributed by atoms with Gasteiger partial charge in [0.05, 0.1) is 13.2 Å². The van der Waals surface area contributed by atoms with Crippen LogP contribution in [0.25, 0.3) is 11.1 Å². The van der Waals surface area contributed by atoms with Crippen LogP contribution in [-0.4, -0.2) is 13.2 Å². The number of unbranched alkanes of at least 4 members (excludes halogenated alkanes) is 4. The molecule has 31 heavy (non-hydrogen) atoms. The monoisotopic (exact) mass is 424 g/mol. The fraction of sp³-hybridized carbons (Fsp3) is 0.586. The van der Waals surface area contributed by atoms with Gasteiger partial charge in [0.25, 0.3) is 0 Å². The van der Waals surface area contributed by atoms with Gasteiger partial charge in [-0.2, -0.15) is 0 Å². The van der Waals surface area contributed by atoms with Crippen LogP contribution < -0.4 is 9.47 Å². The molecular formula is C29H44O2. The molecule has 1 unspecified atom stereocenters. The van der Waals surface area contributed by atoms with Gasteiger partial charge in [0.15, 0.2) is 0 Å². The van der Waals surface area contributed by atoms with Crippen molar-refractivity contribution in [3.8, 4) is 22.6 Å². The van der Waals surface area contributed by atoms with Gasteiger partial charge in [-0.15, -0.1) is 0 Å². The summed E-state index contributed by atoms with van der Waals surface area (Å²) < 4.78 is 11.8. The highest BCUT2D eigenvalue weighted by atomic mass is 16.5. The lowest BCUT2D eigenvalue weighted by atomic mass is 9.98. The van der Waals surface area contributed by atoms with Crippen molar-refractivity contribution < 1.29 is 9.47 Å². The molecule has 0 radical (unpaired) electrons. The first-order chi connectivity index (χ1) is 15.1. The predicted molar refractivity (Wildman–Crippen MR) is 134 cm³/mol. The summed E-state index contributed by atoms with van der Waals surface area (Å²) in [4.78, 5) is 0. The van der Waals surface area contributed by atoms with Crippen LogP contribution >= 0.6 is 0 Å². The van der Waals surface area contributed by atoms with Gasteiger partial charge in [0.2, 0.25) is 0 Å². The van der Waals surface area contributed by atoms with Crippen LogP contribution in [0.3, 0.4) is 0 Å². The minimum Gasteiger partial charge on any atom is -0.494 e. The molecule has 0 heterocycles. The molecule has 0 bridgehead atoms. The van der Waals surface area contributed by atoms with Crippen molar-refractivity contribution >= 4 is 0 Å². The van der Waals surface area contributed by atoms with Crippen LogP contribution in [0.15, 0.2) is 48.5 Å². The van der Waals surface area contributed by atoms with Crippen molar-refractivity contribution in [2.75, 3.05) is 13.2 Å². The quantitative estimate of drug-likeness (QED) is 0.250. The van der Waals surface area contributed by atoms with Gasteiger partial charge >= 0.3 is 0 Å². The fourth-order valence-electron chi connectivity index (χ4n) is 3.78. The third-order valence-corrected chi connectivity index (χ3v) is 5.92. The Morgan fingerprint density at radius 1 is 0.581 bits per heavy atom. The van der Waals surface area contributed by atoms with Crippen LogP contribution in [0.5, 0.6) is 11.5 Å². The maximum absolute atomic E-state index is 5.97. The van der Waals surface area contributed by atoms with Crippen LogP contribution in [0.1, 0.15) is 85.5 Å². The summed E-state index contributed by atoms with van der Waals surface area (Å²) >= 11 is 0. The predicted octanol–water partition coefficient (Wildman–Crippen LogP) is 8.93. The van der Waals surface area contributed by atoms with E-state index < -0.39 is 0 Å². The van der Waals surface area contributed by atoms with E-state index in [1.165, 1.54) is 56.1 Å². The lowest BCUT2D eigenvalue weighted by Gasteiger charge is -2.13. The lowest BCUT2D eigenvalue weighted by Crippen LogP contribution is -2.04. The smallest absolute Gasteiger partial charge is 0.119 e. The SMILES string of the molecule is CCCCCCCOc1ccc(-c2ccc(OCCC(C)CCCC(C)C)cc2)cc1. The first-order valence-corrected chi connectivity index (χ1v) is 12.5. The summed E-state index contributed by atoms with van der Waals surface area (Å²) in [6.45, 7) is 10.8. The Hall–Kier alpha value is -1.96. The Bertz CT molecular complexity index is 688. The topological polar surface area (TPSA) is 18.5 Å². The third kappa shape index (κ3) is 10.8. The number of benzene rings is 2. The molecule has 0 saturated carbocycles. The molecule has 2 aromatic rings. The largest absolute Gasteiger partial charge is 0.494 e. The van der Waals surface area contributed by atoms with E-state index in [1.807, 2.05) is 0 Å². The van der Waals surface area contributed by atoms with Crippen molar-refractivity contribution in [3.63, 3.8) is 0 Å². The molecule has 2 nitrogen and oxygen atoms in total. The van der Waals surface area contributed by atoms with Gasteiger partial charge in [-0.3, -0.25) is 0 Å². The van der Waals surface area contributed by atoms with Gasteiger partial charge < -0.3 is 9.47 Å². The maximum Gasteiger partial charge on any atom is 0.119 e. The van der Waals surface area contributed by atoms with E-state index in [2.05, 4.69) is 76.2 Å². The second-order valence-electron chi connectivity index (χ2n) is 9.38. The van der Waals surface area contributed by atoms with Crippen molar-refractivity contribution in [2.24, 2.45) is 11.8 Å². The fourth-order valence-corrected chi connectivity index (χ4v) is 3.78. The van der Waals surface area contributed by atoms with Crippen molar-refractivity contribution in [3.05, 3.63) is 48.5 Å². The Morgan fingerprint density at radius 2 is 1.13 bits per heavy atom. The van der Waals surface area contributed by atoms with Crippen LogP contribution in [0.4, 0.5) is 0 Å². The average molecular weight is 425 g/mol. The molecule has 0 aliphatic heterocycles. The van der Waals surface area contributed by atoms with Gasteiger partial charge in [-0.05, 0) is 60.1 Å². The van der Waals surface area contributed by atoms with E-state index in [0.29, 0.717) is 0 Å². The molecule has 0 aliphatic carbocycles. The molecule has 0 spiro atoms. The van der Waals surface area contributed by atoms with Gasteiger partial charge in [0.1, 0.15) is 11.5 Å². The Labute approximate surface area is 191 Å².